The van der Waals surface area contributed by atoms with E-state index >= 15 is 0 Å². The summed E-state index contributed by atoms with van der Waals surface area (Å²) in [6, 6.07) is 4.95. The maximum Gasteiger partial charge on any atom is 0.344 e. The summed E-state index contributed by atoms with van der Waals surface area (Å²) < 4.78 is 9.92. The second-order valence-electron chi connectivity index (χ2n) is 4.13. The van der Waals surface area contributed by atoms with Gasteiger partial charge in [-0.15, -0.1) is 0 Å². The van der Waals surface area contributed by atoms with Crippen LogP contribution in [0.25, 0.3) is 0 Å². The molecule has 0 bridgehead atoms. The molecular formula is C13H15ClO6. The molecule has 0 spiro atoms. The zero-order valence-electron chi connectivity index (χ0n) is 10.8. The van der Waals surface area contributed by atoms with Crippen molar-refractivity contribution in [3.05, 3.63) is 28.8 Å². The van der Waals surface area contributed by atoms with Crippen molar-refractivity contribution < 1.29 is 29.3 Å². The van der Waals surface area contributed by atoms with Crippen molar-refractivity contribution in [3.8, 4) is 5.75 Å². The molecule has 0 fully saturated rings. The minimum absolute atomic E-state index is 0.331. The molecule has 2 N–H and O–H groups in total. The summed E-state index contributed by atoms with van der Waals surface area (Å²) >= 11 is 5.78. The normalized spacial score (nSPS) is 11.8. The Morgan fingerprint density at radius 3 is 2.70 bits per heavy atom. The number of aliphatic carboxylic acids is 1. The van der Waals surface area contributed by atoms with E-state index in [1.165, 1.54) is 0 Å². The average molecular weight is 303 g/mol. The summed E-state index contributed by atoms with van der Waals surface area (Å²) in [5, 5.41) is 18.2. The van der Waals surface area contributed by atoms with E-state index < -0.39 is 24.5 Å². The molecule has 110 valence electrons. The largest absolute Gasteiger partial charge is 0.482 e. The second kappa shape index (κ2) is 7.72. The van der Waals surface area contributed by atoms with Gasteiger partial charge in [0.05, 0.1) is 12.5 Å². The number of carboxylic acids is 1. The highest BCUT2D eigenvalue weighted by Gasteiger charge is 2.13. The molecule has 0 aliphatic heterocycles. The standard InChI is InChI=1S/C13H15ClO6/c1-8-4-9(14)2-3-11(8)19-7-13(18)20-6-10(15)5-12(16)17/h2-4,10,15H,5-7H2,1H3,(H,16,17). The molecule has 1 atom stereocenters. The highest BCUT2D eigenvalue weighted by Crippen LogP contribution is 2.21. The zero-order valence-corrected chi connectivity index (χ0v) is 11.6. The number of carbonyl (C=O) groups is 2. The molecule has 7 heteroatoms. The van der Waals surface area contributed by atoms with Crippen molar-refractivity contribution >= 4 is 23.5 Å². The second-order valence-corrected chi connectivity index (χ2v) is 4.57. The van der Waals surface area contributed by atoms with E-state index in [1.807, 2.05) is 0 Å². The topological polar surface area (TPSA) is 93.1 Å². The van der Waals surface area contributed by atoms with E-state index in [0.29, 0.717) is 10.8 Å². The number of aliphatic hydroxyl groups is 1. The lowest BCUT2D eigenvalue weighted by Gasteiger charge is -2.11. The SMILES string of the molecule is Cc1cc(Cl)ccc1OCC(=O)OCC(O)CC(=O)O. The maximum absolute atomic E-state index is 11.4. The molecule has 20 heavy (non-hydrogen) atoms. The molecule has 0 radical (unpaired) electrons. The molecule has 1 aromatic carbocycles. The van der Waals surface area contributed by atoms with Gasteiger partial charge in [-0.2, -0.15) is 0 Å². The number of rotatable bonds is 7. The molecule has 1 unspecified atom stereocenters. The Kier molecular flexibility index (Phi) is 6.27. The van der Waals surface area contributed by atoms with Crippen LogP contribution in [0.15, 0.2) is 18.2 Å². The molecule has 0 aliphatic rings. The van der Waals surface area contributed by atoms with Gasteiger partial charge in [-0.1, -0.05) is 11.6 Å². The van der Waals surface area contributed by atoms with Gasteiger partial charge in [0.25, 0.3) is 0 Å². The number of halogens is 1. The van der Waals surface area contributed by atoms with Crippen molar-refractivity contribution in [2.45, 2.75) is 19.4 Å². The maximum atomic E-state index is 11.4. The first-order chi connectivity index (χ1) is 9.38. The van der Waals surface area contributed by atoms with Crippen molar-refractivity contribution in [2.75, 3.05) is 13.2 Å². The first-order valence-corrected chi connectivity index (χ1v) is 6.20. The number of benzene rings is 1. The van der Waals surface area contributed by atoms with Crippen LogP contribution in [0, 0.1) is 6.92 Å². The van der Waals surface area contributed by atoms with Gasteiger partial charge in [-0.3, -0.25) is 4.79 Å². The van der Waals surface area contributed by atoms with Gasteiger partial charge in [-0.05, 0) is 30.7 Å². The molecule has 0 heterocycles. The van der Waals surface area contributed by atoms with Gasteiger partial charge in [0.1, 0.15) is 12.4 Å². The molecule has 6 nitrogen and oxygen atoms in total. The van der Waals surface area contributed by atoms with Gasteiger partial charge in [-0.25, -0.2) is 4.79 Å². The van der Waals surface area contributed by atoms with E-state index in [-0.39, 0.29) is 13.2 Å². The minimum Gasteiger partial charge on any atom is -0.482 e. The highest BCUT2D eigenvalue weighted by atomic mass is 35.5. The number of esters is 1. The van der Waals surface area contributed by atoms with Crippen LogP contribution in [0.4, 0.5) is 0 Å². The number of ether oxygens (including phenoxy) is 2. The monoisotopic (exact) mass is 302 g/mol. The molecule has 1 rings (SSSR count). The fourth-order valence-corrected chi connectivity index (χ4v) is 1.63. The zero-order chi connectivity index (χ0) is 15.1. The van der Waals surface area contributed by atoms with E-state index in [2.05, 4.69) is 4.74 Å². The van der Waals surface area contributed by atoms with Crippen LogP contribution in [0.2, 0.25) is 5.02 Å². The minimum atomic E-state index is -1.23. The van der Waals surface area contributed by atoms with Gasteiger partial charge < -0.3 is 19.7 Å². The first kappa shape index (κ1) is 16.3. The Balaban J connectivity index is 2.34. The summed E-state index contributed by atoms with van der Waals surface area (Å²) in [6.45, 7) is 1.07. The Morgan fingerprint density at radius 2 is 2.10 bits per heavy atom. The summed E-state index contributed by atoms with van der Waals surface area (Å²) in [5.41, 5.74) is 0.774. The Morgan fingerprint density at radius 1 is 1.40 bits per heavy atom. The van der Waals surface area contributed by atoms with Crippen molar-refractivity contribution in [1.82, 2.24) is 0 Å². The van der Waals surface area contributed by atoms with Crippen molar-refractivity contribution in [2.24, 2.45) is 0 Å². The summed E-state index contributed by atoms with van der Waals surface area (Å²) in [6.07, 6.45) is -1.71. The quantitative estimate of drug-likeness (QED) is 0.740. The molecule has 1 aromatic rings. The van der Waals surface area contributed by atoms with Gasteiger partial charge in [0.2, 0.25) is 0 Å². The third kappa shape index (κ3) is 5.90. The molecule has 0 aliphatic carbocycles. The lowest BCUT2D eigenvalue weighted by Crippen LogP contribution is -2.24. The molecule has 0 saturated heterocycles. The van der Waals surface area contributed by atoms with Gasteiger partial charge >= 0.3 is 11.9 Å². The van der Waals surface area contributed by atoms with Crippen molar-refractivity contribution in [1.29, 1.82) is 0 Å². The fourth-order valence-electron chi connectivity index (χ4n) is 1.40. The van der Waals surface area contributed by atoms with E-state index in [9.17, 15) is 14.7 Å². The molecule has 0 aromatic heterocycles. The van der Waals surface area contributed by atoms with Gasteiger partial charge in [0, 0.05) is 5.02 Å². The third-order valence-corrected chi connectivity index (χ3v) is 2.56. The number of aryl methyl sites for hydroxylation is 1. The van der Waals surface area contributed by atoms with Gasteiger partial charge in [0.15, 0.2) is 6.61 Å². The Hall–Kier alpha value is -1.79. The Labute approximate surface area is 120 Å². The average Bonchev–Trinajstić information content (AvgIpc) is 2.34. The van der Waals surface area contributed by atoms with Crippen molar-refractivity contribution in [3.63, 3.8) is 0 Å². The molecule has 0 amide bonds. The predicted molar refractivity (Wildman–Crippen MR) is 70.9 cm³/mol. The van der Waals surface area contributed by atoms with Crippen LogP contribution < -0.4 is 4.74 Å². The number of carboxylic acid groups (broad SMARTS) is 1. The molecular weight excluding hydrogens is 288 g/mol. The van der Waals surface area contributed by atoms with Crippen LogP contribution in [0.3, 0.4) is 0 Å². The van der Waals surface area contributed by atoms with E-state index in [1.54, 1.807) is 25.1 Å². The number of carbonyl (C=O) groups excluding carboxylic acids is 1. The fraction of sp³-hybridized carbons (Fsp3) is 0.385. The first-order valence-electron chi connectivity index (χ1n) is 5.83. The van der Waals surface area contributed by atoms with Crippen LogP contribution in [0.5, 0.6) is 5.75 Å². The smallest absolute Gasteiger partial charge is 0.344 e. The lowest BCUT2D eigenvalue weighted by molar-refractivity contribution is -0.151. The third-order valence-electron chi connectivity index (χ3n) is 2.33. The van der Waals surface area contributed by atoms with E-state index in [0.717, 1.165) is 5.56 Å². The summed E-state index contributed by atoms with van der Waals surface area (Å²) in [7, 11) is 0. The number of hydrogen-bond donors (Lipinski definition) is 2. The van der Waals surface area contributed by atoms with Crippen LogP contribution >= 0.6 is 11.6 Å². The lowest BCUT2D eigenvalue weighted by atomic mass is 10.2. The number of aliphatic hydroxyl groups excluding tert-OH is 1. The summed E-state index contributed by atoms with van der Waals surface area (Å²) in [4.78, 5) is 21.6. The van der Waals surface area contributed by atoms with Crippen LogP contribution in [-0.4, -0.2) is 41.5 Å². The Bertz CT molecular complexity index is 488. The summed E-state index contributed by atoms with van der Waals surface area (Å²) in [5.74, 6) is -1.36. The molecule has 0 saturated carbocycles. The van der Waals surface area contributed by atoms with Crippen LogP contribution in [-0.2, 0) is 14.3 Å². The van der Waals surface area contributed by atoms with E-state index in [4.69, 9.17) is 21.4 Å². The van der Waals surface area contributed by atoms with Crippen LogP contribution in [0.1, 0.15) is 12.0 Å². The predicted octanol–water partition coefficient (Wildman–Crippen LogP) is 1.41. The number of hydrogen-bond acceptors (Lipinski definition) is 5. The highest BCUT2D eigenvalue weighted by molar-refractivity contribution is 6.30.